The number of anilines is 1. The number of amides is 2. The summed E-state index contributed by atoms with van der Waals surface area (Å²) in [6, 6.07) is 6.07. The van der Waals surface area contributed by atoms with Crippen molar-refractivity contribution in [1.29, 1.82) is 0 Å². The summed E-state index contributed by atoms with van der Waals surface area (Å²) < 4.78 is 26.7. The van der Waals surface area contributed by atoms with E-state index in [1.165, 1.54) is 4.90 Å². The SMILES string of the molecule is CC(=O)N1CCC(N2CC(Nc3ccc(C(=O)N4CCC(F)(F)CC4)c(Cl)c3)C2)CC1. The average Bonchev–Trinajstić information content (AvgIpc) is 2.70. The lowest BCUT2D eigenvalue weighted by atomic mass is 9.97. The summed E-state index contributed by atoms with van der Waals surface area (Å²) >= 11 is 6.36. The van der Waals surface area contributed by atoms with Crippen LogP contribution in [0.25, 0.3) is 0 Å². The highest BCUT2D eigenvalue weighted by Crippen LogP contribution is 2.30. The molecule has 1 aromatic rings. The fourth-order valence-electron chi connectivity index (χ4n) is 4.67. The van der Waals surface area contributed by atoms with Gasteiger partial charge in [0.1, 0.15) is 0 Å². The smallest absolute Gasteiger partial charge is 0.255 e. The molecule has 1 aromatic carbocycles. The first-order chi connectivity index (χ1) is 14.7. The second kappa shape index (κ2) is 8.90. The van der Waals surface area contributed by atoms with Gasteiger partial charge in [0, 0.05) is 70.8 Å². The number of rotatable bonds is 4. The van der Waals surface area contributed by atoms with Crippen LogP contribution in [-0.4, -0.2) is 83.8 Å². The zero-order valence-corrected chi connectivity index (χ0v) is 18.5. The van der Waals surface area contributed by atoms with E-state index in [2.05, 4.69) is 10.2 Å². The third-order valence-electron chi connectivity index (χ3n) is 6.69. The van der Waals surface area contributed by atoms with Crippen LogP contribution in [-0.2, 0) is 4.79 Å². The molecule has 0 bridgehead atoms. The van der Waals surface area contributed by atoms with Crippen LogP contribution in [0.1, 0.15) is 43.0 Å². The number of likely N-dealkylation sites (tertiary alicyclic amines) is 3. The van der Waals surface area contributed by atoms with E-state index in [4.69, 9.17) is 11.6 Å². The predicted octanol–water partition coefficient (Wildman–Crippen LogP) is 3.32. The van der Waals surface area contributed by atoms with E-state index in [1.54, 1.807) is 19.1 Å². The van der Waals surface area contributed by atoms with E-state index in [-0.39, 0.29) is 37.7 Å². The molecule has 3 fully saturated rings. The molecule has 0 atom stereocenters. The number of carbonyl (C=O) groups is 2. The van der Waals surface area contributed by atoms with Crippen LogP contribution in [0.5, 0.6) is 0 Å². The summed E-state index contributed by atoms with van der Waals surface area (Å²) in [5.41, 5.74) is 1.20. The molecular formula is C22H29ClF2N4O2. The maximum atomic E-state index is 13.3. The van der Waals surface area contributed by atoms with Crippen LogP contribution in [0.3, 0.4) is 0 Å². The Labute approximate surface area is 186 Å². The number of nitrogens with one attached hydrogen (secondary N) is 1. The molecule has 3 aliphatic heterocycles. The Morgan fingerprint density at radius 2 is 1.71 bits per heavy atom. The fraction of sp³-hybridized carbons (Fsp3) is 0.636. The monoisotopic (exact) mass is 454 g/mol. The number of hydrogen-bond acceptors (Lipinski definition) is 4. The van der Waals surface area contributed by atoms with Gasteiger partial charge < -0.3 is 15.1 Å². The molecule has 170 valence electrons. The number of halogens is 3. The average molecular weight is 455 g/mol. The Hall–Kier alpha value is -1.93. The number of carbonyl (C=O) groups excluding carboxylic acids is 2. The van der Waals surface area contributed by atoms with Crippen molar-refractivity contribution in [3.8, 4) is 0 Å². The molecule has 3 heterocycles. The van der Waals surface area contributed by atoms with Gasteiger partial charge in [0.15, 0.2) is 0 Å². The first kappa shape index (κ1) is 22.3. The highest BCUT2D eigenvalue weighted by atomic mass is 35.5. The normalized spacial score (nSPS) is 22.8. The van der Waals surface area contributed by atoms with Crippen LogP contribution >= 0.6 is 11.6 Å². The van der Waals surface area contributed by atoms with Crippen molar-refractivity contribution in [1.82, 2.24) is 14.7 Å². The molecule has 0 aromatic heterocycles. The van der Waals surface area contributed by atoms with E-state index in [0.29, 0.717) is 22.7 Å². The first-order valence-corrected chi connectivity index (χ1v) is 11.3. The van der Waals surface area contributed by atoms with Gasteiger partial charge in [-0.1, -0.05) is 11.6 Å². The maximum absolute atomic E-state index is 13.3. The van der Waals surface area contributed by atoms with E-state index in [1.807, 2.05) is 11.0 Å². The standard InChI is InChI=1S/C22H29ClF2N4O2/c1-15(30)27-8-4-18(5-9-27)29-13-17(14-29)26-16-2-3-19(20(23)12-16)21(31)28-10-6-22(24,25)7-11-28/h2-3,12,17-18,26H,4-11,13-14H2,1H3. The molecule has 2 amide bonds. The Morgan fingerprint density at radius 3 is 2.29 bits per heavy atom. The molecule has 0 radical (unpaired) electrons. The zero-order valence-electron chi connectivity index (χ0n) is 17.7. The molecule has 6 nitrogen and oxygen atoms in total. The molecule has 31 heavy (non-hydrogen) atoms. The van der Waals surface area contributed by atoms with Crippen molar-refractivity contribution in [3.05, 3.63) is 28.8 Å². The van der Waals surface area contributed by atoms with Crippen LogP contribution < -0.4 is 5.32 Å². The summed E-state index contributed by atoms with van der Waals surface area (Å²) in [5.74, 6) is -2.83. The Kier molecular flexibility index (Phi) is 6.40. The second-order valence-electron chi connectivity index (χ2n) is 8.88. The van der Waals surface area contributed by atoms with Crippen molar-refractivity contribution in [2.75, 3.05) is 44.6 Å². The lowest BCUT2D eigenvalue weighted by Gasteiger charge is -2.47. The molecule has 0 aliphatic carbocycles. The predicted molar refractivity (Wildman–Crippen MR) is 116 cm³/mol. The topological polar surface area (TPSA) is 55.9 Å². The van der Waals surface area contributed by atoms with Gasteiger partial charge in [-0.3, -0.25) is 14.5 Å². The van der Waals surface area contributed by atoms with E-state index in [0.717, 1.165) is 44.7 Å². The van der Waals surface area contributed by atoms with Crippen LogP contribution in [0.2, 0.25) is 5.02 Å². The summed E-state index contributed by atoms with van der Waals surface area (Å²) in [5, 5.41) is 3.79. The minimum Gasteiger partial charge on any atom is -0.380 e. The zero-order chi connectivity index (χ0) is 22.2. The van der Waals surface area contributed by atoms with E-state index in [9.17, 15) is 18.4 Å². The van der Waals surface area contributed by atoms with Gasteiger partial charge in [-0.2, -0.15) is 0 Å². The van der Waals surface area contributed by atoms with Gasteiger partial charge in [0.2, 0.25) is 5.91 Å². The van der Waals surface area contributed by atoms with E-state index < -0.39 is 5.92 Å². The minimum absolute atomic E-state index is 0.0470. The van der Waals surface area contributed by atoms with Crippen LogP contribution in [0.4, 0.5) is 14.5 Å². The molecule has 4 rings (SSSR count). The van der Waals surface area contributed by atoms with Gasteiger partial charge >= 0.3 is 0 Å². The highest BCUT2D eigenvalue weighted by Gasteiger charge is 2.37. The lowest BCUT2D eigenvalue weighted by Crippen LogP contribution is -2.60. The maximum Gasteiger partial charge on any atom is 0.255 e. The third kappa shape index (κ3) is 5.12. The van der Waals surface area contributed by atoms with Crippen LogP contribution in [0, 0.1) is 0 Å². The van der Waals surface area contributed by atoms with Crippen molar-refractivity contribution >= 4 is 29.1 Å². The quantitative estimate of drug-likeness (QED) is 0.758. The number of hydrogen-bond donors (Lipinski definition) is 1. The number of benzene rings is 1. The van der Waals surface area contributed by atoms with Gasteiger partial charge in [0.25, 0.3) is 11.8 Å². The highest BCUT2D eigenvalue weighted by molar-refractivity contribution is 6.34. The Bertz CT molecular complexity index is 829. The van der Waals surface area contributed by atoms with Crippen molar-refractivity contribution in [3.63, 3.8) is 0 Å². The molecule has 1 N–H and O–H groups in total. The van der Waals surface area contributed by atoms with Gasteiger partial charge in [-0.25, -0.2) is 8.78 Å². The molecule has 3 aliphatic rings. The molecule has 0 spiro atoms. The first-order valence-electron chi connectivity index (χ1n) is 10.9. The van der Waals surface area contributed by atoms with Crippen LogP contribution in [0.15, 0.2) is 18.2 Å². The number of piperidine rings is 2. The minimum atomic E-state index is -2.69. The number of alkyl halides is 2. The molecule has 3 saturated heterocycles. The molecular weight excluding hydrogens is 426 g/mol. The number of nitrogens with zero attached hydrogens (tertiary/aromatic N) is 3. The summed E-state index contributed by atoms with van der Waals surface area (Å²) in [6.07, 6.45) is 1.42. The van der Waals surface area contributed by atoms with Crippen molar-refractivity contribution < 1.29 is 18.4 Å². The Morgan fingerprint density at radius 1 is 1.06 bits per heavy atom. The summed E-state index contributed by atoms with van der Waals surface area (Å²) in [4.78, 5) is 29.9. The molecule has 0 saturated carbocycles. The molecule has 9 heteroatoms. The van der Waals surface area contributed by atoms with Gasteiger partial charge in [0.05, 0.1) is 16.6 Å². The Balaban J connectivity index is 1.26. The van der Waals surface area contributed by atoms with E-state index >= 15 is 0 Å². The summed E-state index contributed by atoms with van der Waals surface area (Å²) in [6.45, 7) is 5.24. The third-order valence-corrected chi connectivity index (χ3v) is 7.00. The van der Waals surface area contributed by atoms with Gasteiger partial charge in [-0.15, -0.1) is 0 Å². The molecule has 0 unspecified atom stereocenters. The summed E-state index contributed by atoms with van der Waals surface area (Å²) in [7, 11) is 0. The van der Waals surface area contributed by atoms with Crippen molar-refractivity contribution in [2.24, 2.45) is 0 Å². The van der Waals surface area contributed by atoms with Gasteiger partial charge in [-0.05, 0) is 31.0 Å². The largest absolute Gasteiger partial charge is 0.380 e. The second-order valence-corrected chi connectivity index (χ2v) is 9.28. The fourth-order valence-corrected chi connectivity index (χ4v) is 4.93. The van der Waals surface area contributed by atoms with Crippen molar-refractivity contribution in [2.45, 2.75) is 50.6 Å². The lowest BCUT2D eigenvalue weighted by molar-refractivity contribution is -0.130.